The number of methoxy groups -OCH3 is 2. The highest BCUT2D eigenvalue weighted by atomic mass is 19.1. The molecule has 0 aliphatic rings. The second kappa shape index (κ2) is 6.27. The van der Waals surface area contributed by atoms with E-state index >= 15 is 0 Å². The standard InChI is InChI=1S/C11H17FN2O3/c1-16-6-7(15)5-14-10-4-11(17-2)9(13)3-8(10)12/h3-4,7,14-15H,5-6,13H2,1-2H3. The lowest BCUT2D eigenvalue weighted by Crippen LogP contribution is -2.24. The highest BCUT2D eigenvalue weighted by molar-refractivity contribution is 5.62. The molecule has 0 amide bonds. The van der Waals surface area contributed by atoms with Gasteiger partial charge in [-0.1, -0.05) is 0 Å². The number of hydrogen-bond donors (Lipinski definition) is 3. The number of nitrogens with one attached hydrogen (secondary N) is 1. The molecule has 0 saturated heterocycles. The van der Waals surface area contributed by atoms with Crippen LogP contribution in [0.5, 0.6) is 5.75 Å². The predicted octanol–water partition coefficient (Wildman–Crippen LogP) is 0.836. The van der Waals surface area contributed by atoms with Crippen LogP contribution in [0.1, 0.15) is 0 Å². The van der Waals surface area contributed by atoms with Crippen LogP contribution in [0, 0.1) is 5.82 Å². The van der Waals surface area contributed by atoms with E-state index in [4.69, 9.17) is 15.2 Å². The Kier molecular flexibility index (Phi) is 4.99. The van der Waals surface area contributed by atoms with Crippen LogP contribution in [0.2, 0.25) is 0 Å². The first kappa shape index (κ1) is 13.5. The number of hydrogen-bond acceptors (Lipinski definition) is 5. The van der Waals surface area contributed by atoms with Crippen molar-refractivity contribution in [2.75, 3.05) is 38.4 Å². The number of benzene rings is 1. The Bertz CT molecular complexity index is 374. The van der Waals surface area contributed by atoms with Crippen molar-refractivity contribution in [3.05, 3.63) is 17.9 Å². The topological polar surface area (TPSA) is 76.7 Å². The summed E-state index contributed by atoms with van der Waals surface area (Å²) in [7, 11) is 2.93. The molecule has 1 atom stereocenters. The first-order valence-electron chi connectivity index (χ1n) is 5.12. The van der Waals surface area contributed by atoms with Gasteiger partial charge in [0.1, 0.15) is 11.6 Å². The van der Waals surface area contributed by atoms with Crippen molar-refractivity contribution in [3.63, 3.8) is 0 Å². The van der Waals surface area contributed by atoms with E-state index in [0.717, 1.165) is 0 Å². The van der Waals surface area contributed by atoms with E-state index in [9.17, 15) is 9.50 Å². The molecule has 0 heterocycles. The van der Waals surface area contributed by atoms with Crippen LogP contribution in [-0.4, -0.2) is 38.6 Å². The molecule has 0 aliphatic carbocycles. The van der Waals surface area contributed by atoms with Gasteiger partial charge in [-0.15, -0.1) is 0 Å². The number of aliphatic hydroxyl groups excluding tert-OH is 1. The summed E-state index contributed by atoms with van der Waals surface area (Å²) < 4.78 is 23.2. The fraction of sp³-hybridized carbons (Fsp3) is 0.455. The largest absolute Gasteiger partial charge is 0.495 e. The minimum absolute atomic E-state index is 0.178. The number of nitrogens with two attached hydrogens (primary N) is 1. The van der Waals surface area contributed by atoms with Gasteiger partial charge in [-0.3, -0.25) is 0 Å². The highest BCUT2D eigenvalue weighted by Crippen LogP contribution is 2.28. The zero-order valence-electron chi connectivity index (χ0n) is 9.87. The lowest BCUT2D eigenvalue weighted by molar-refractivity contribution is 0.0727. The molecule has 17 heavy (non-hydrogen) atoms. The molecule has 0 aromatic heterocycles. The smallest absolute Gasteiger partial charge is 0.148 e. The lowest BCUT2D eigenvalue weighted by atomic mass is 10.2. The summed E-state index contributed by atoms with van der Waals surface area (Å²) in [6.07, 6.45) is -0.706. The van der Waals surface area contributed by atoms with E-state index < -0.39 is 11.9 Å². The van der Waals surface area contributed by atoms with Crippen molar-refractivity contribution in [3.8, 4) is 5.75 Å². The molecule has 96 valence electrons. The third-order valence-electron chi connectivity index (χ3n) is 2.21. The maximum absolute atomic E-state index is 13.5. The van der Waals surface area contributed by atoms with Crippen LogP contribution >= 0.6 is 0 Å². The van der Waals surface area contributed by atoms with Crippen molar-refractivity contribution in [1.29, 1.82) is 0 Å². The van der Waals surface area contributed by atoms with Crippen LogP contribution in [-0.2, 0) is 4.74 Å². The van der Waals surface area contributed by atoms with Crippen molar-refractivity contribution < 1.29 is 19.0 Å². The molecule has 0 saturated carbocycles. The number of rotatable bonds is 6. The summed E-state index contributed by atoms with van der Waals surface area (Å²) in [4.78, 5) is 0. The summed E-state index contributed by atoms with van der Waals surface area (Å²) in [6, 6.07) is 2.62. The van der Waals surface area contributed by atoms with Crippen molar-refractivity contribution in [2.24, 2.45) is 0 Å². The molecule has 0 bridgehead atoms. The van der Waals surface area contributed by atoms with Crippen LogP contribution in [0.3, 0.4) is 0 Å². The molecule has 0 spiro atoms. The molecule has 1 aromatic carbocycles. The Labute approximate surface area is 99.3 Å². The van der Waals surface area contributed by atoms with Gasteiger partial charge >= 0.3 is 0 Å². The SMILES string of the molecule is COCC(O)CNc1cc(OC)c(N)cc1F. The third kappa shape index (κ3) is 3.76. The van der Waals surface area contributed by atoms with Crippen LogP contribution in [0.4, 0.5) is 15.8 Å². The number of halogens is 1. The van der Waals surface area contributed by atoms with Gasteiger partial charge in [0.05, 0.1) is 31.2 Å². The number of anilines is 2. The molecule has 0 fully saturated rings. The van der Waals surface area contributed by atoms with Crippen molar-refractivity contribution in [1.82, 2.24) is 0 Å². The minimum Gasteiger partial charge on any atom is -0.495 e. The Morgan fingerprint density at radius 3 is 2.76 bits per heavy atom. The predicted molar refractivity (Wildman–Crippen MR) is 63.7 cm³/mol. The molecule has 0 radical (unpaired) electrons. The van der Waals surface area contributed by atoms with Crippen molar-refractivity contribution >= 4 is 11.4 Å². The Morgan fingerprint density at radius 1 is 1.47 bits per heavy atom. The van der Waals surface area contributed by atoms with E-state index in [1.54, 1.807) is 0 Å². The normalized spacial score (nSPS) is 12.2. The Morgan fingerprint density at radius 2 is 2.18 bits per heavy atom. The van der Waals surface area contributed by atoms with Gasteiger partial charge in [0.15, 0.2) is 0 Å². The quantitative estimate of drug-likeness (QED) is 0.646. The average Bonchev–Trinajstić information content (AvgIpc) is 2.28. The number of ether oxygens (including phenoxy) is 2. The monoisotopic (exact) mass is 244 g/mol. The second-order valence-electron chi connectivity index (χ2n) is 3.56. The molecule has 6 heteroatoms. The van der Waals surface area contributed by atoms with Gasteiger partial charge in [-0.05, 0) is 0 Å². The highest BCUT2D eigenvalue weighted by Gasteiger charge is 2.10. The van der Waals surface area contributed by atoms with Crippen LogP contribution in [0.25, 0.3) is 0 Å². The first-order valence-corrected chi connectivity index (χ1v) is 5.12. The third-order valence-corrected chi connectivity index (χ3v) is 2.21. The molecule has 1 unspecified atom stereocenters. The molecule has 1 aromatic rings. The average molecular weight is 244 g/mol. The van der Waals surface area contributed by atoms with Crippen molar-refractivity contribution in [2.45, 2.75) is 6.10 Å². The summed E-state index contributed by atoms with van der Waals surface area (Å²) in [6.45, 7) is 0.360. The zero-order chi connectivity index (χ0) is 12.8. The van der Waals surface area contributed by atoms with E-state index in [2.05, 4.69) is 5.32 Å². The molecule has 1 rings (SSSR count). The Hall–Kier alpha value is -1.53. The molecular weight excluding hydrogens is 227 g/mol. The van der Waals surface area contributed by atoms with Gasteiger partial charge in [-0.2, -0.15) is 0 Å². The fourth-order valence-corrected chi connectivity index (χ4v) is 1.36. The van der Waals surface area contributed by atoms with Gasteiger partial charge < -0.3 is 25.6 Å². The van der Waals surface area contributed by atoms with Gasteiger partial charge in [-0.25, -0.2) is 4.39 Å². The summed E-state index contributed by atoms with van der Waals surface area (Å²) in [5, 5.41) is 12.2. The second-order valence-corrected chi connectivity index (χ2v) is 3.56. The molecular formula is C11H17FN2O3. The van der Waals surface area contributed by atoms with E-state index in [1.165, 1.54) is 26.4 Å². The maximum atomic E-state index is 13.5. The fourth-order valence-electron chi connectivity index (χ4n) is 1.36. The lowest BCUT2D eigenvalue weighted by Gasteiger charge is -2.14. The van der Waals surface area contributed by atoms with E-state index in [0.29, 0.717) is 5.75 Å². The molecule has 5 nitrogen and oxygen atoms in total. The maximum Gasteiger partial charge on any atom is 0.148 e. The van der Waals surface area contributed by atoms with Gasteiger partial charge in [0.2, 0.25) is 0 Å². The number of aliphatic hydroxyl groups is 1. The van der Waals surface area contributed by atoms with E-state index in [-0.39, 0.29) is 24.5 Å². The Balaban J connectivity index is 2.70. The van der Waals surface area contributed by atoms with Crippen LogP contribution in [0.15, 0.2) is 12.1 Å². The summed E-state index contributed by atoms with van der Waals surface area (Å²) >= 11 is 0. The summed E-state index contributed by atoms with van der Waals surface area (Å²) in [5.74, 6) is -0.108. The summed E-state index contributed by atoms with van der Waals surface area (Å²) in [5.41, 5.74) is 6.00. The minimum atomic E-state index is -0.706. The molecule has 0 aliphatic heterocycles. The number of nitrogen functional groups attached to an aromatic ring is 1. The van der Waals surface area contributed by atoms with E-state index in [1.807, 2.05) is 0 Å². The molecule has 4 N–H and O–H groups in total. The zero-order valence-corrected chi connectivity index (χ0v) is 9.87. The van der Waals surface area contributed by atoms with Gasteiger partial charge in [0.25, 0.3) is 0 Å². The first-order chi connectivity index (χ1) is 8.08. The van der Waals surface area contributed by atoms with Gasteiger partial charge in [0, 0.05) is 25.8 Å². The van der Waals surface area contributed by atoms with Crippen LogP contribution < -0.4 is 15.8 Å².